The lowest BCUT2D eigenvalue weighted by molar-refractivity contribution is -0.124. The summed E-state index contributed by atoms with van der Waals surface area (Å²) in [4.78, 5) is 54.6. The number of amides is 4. The number of hydrogen-bond donors (Lipinski definition) is 4. The van der Waals surface area contributed by atoms with E-state index in [2.05, 4.69) is 48.0 Å². The normalized spacial score (nSPS) is 18.1. The number of carbonyl (C=O) groups excluding carboxylic acids is 4. The van der Waals surface area contributed by atoms with Gasteiger partial charge >= 0.3 is 0 Å². The second-order valence-corrected chi connectivity index (χ2v) is 15.4. The number of hydrogen-bond acceptors (Lipinski definition) is 8. The van der Waals surface area contributed by atoms with Gasteiger partial charge in [-0.15, -0.1) is 10.2 Å². The lowest BCUT2D eigenvalue weighted by atomic mass is 9.84. The van der Waals surface area contributed by atoms with Gasteiger partial charge in [0.1, 0.15) is 23.5 Å². The van der Waals surface area contributed by atoms with Crippen molar-refractivity contribution in [3.63, 3.8) is 0 Å². The number of aromatic nitrogens is 6. The van der Waals surface area contributed by atoms with E-state index >= 15 is 0 Å². The van der Waals surface area contributed by atoms with Crippen molar-refractivity contribution >= 4 is 23.6 Å². The Hall–Kier alpha value is -5.40. The Labute approximate surface area is 304 Å². The van der Waals surface area contributed by atoms with Crippen LogP contribution < -0.4 is 21.3 Å². The molecular formula is C38H50N10O4. The minimum atomic E-state index is -0.835. The molecule has 0 saturated heterocycles. The second kappa shape index (κ2) is 16.3. The molecule has 276 valence electrons. The fraction of sp³-hybridized carbons (Fsp3) is 0.474. The Bertz CT molecular complexity index is 1780. The molecule has 2 atom stereocenters. The van der Waals surface area contributed by atoms with Crippen molar-refractivity contribution in [2.75, 3.05) is 0 Å². The van der Waals surface area contributed by atoms with Gasteiger partial charge in [0.05, 0.1) is 38.6 Å². The summed E-state index contributed by atoms with van der Waals surface area (Å²) in [7, 11) is 0. The van der Waals surface area contributed by atoms with E-state index in [1.807, 2.05) is 66.7 Å². The average Bonchev–Trinajstić information content (AvgIpc) is 3.73. The SMILES string of the molecule is CC(C)CC1NC(=O)c2cc(cc(C(C)(C)C)c2)C(=O)NC(CC(C)C)C(=O)NCc2cn(nn2)Cc2cccc(c2)Cn2cc(nn2)CNC1=O. The molecule has 14 heteroatoms. The third-order valence-electron chi connectivity index (χ3n) is 8.72. The summed E-state index contributed by atoms with van der Waals surface area (Å²) >= 11 is 0. The monoisotopic (exact) mass is 710 g/mol. The van der Waals surface area contributed by atoms with Gasteiger partial charge in [0.25, 0.3) is 11.8 Å². The number of nitrogens with one attached hydrogen (secondary N) is 4. The van der Waals surface area contributed by atoms with Gasteiger partial charge in [0.2, 0.25) is 11.8 Å². The van der Waals surface area contributed by atoms with Crippen molar-refractivity contribution in [2.45, 2.75) is 105 Å². The molecule has 5 rings (SSSR count). The Balaban J connectivity index is 1.48. The van der Waals surface area contributed by atoms with E-state index in [0.29, 0.717) is 37.3 Å². The molecule has 1 aliphatic heterocycles. The van der Waals surface area contributed by atoms with Crippen LogP contribution in [0.3, 0.4) is 0 Å². The highest BCUT2D eigenvalue weighted by Gasteiger charge is 2.27. The number of fused-ring (bicyclic) bond motifs is 8. The molecule has 2 unspecified atom stereocenters. The van der Waals surface area contributed by atoms with E-state index in [0.717, 1.165) is 16.7 Å². The predicted molar refractivity (Wildman–Crippen MR) is 195 cm³/mol. The minimum Gasteiger partial charge on any atom is -0.349 e. The first-order chi connectivity index (χ1) is 24.6. The molecule has 52 heavy (non-hydrogen) atoms. The van der Waals surface area contributed by atoms with Gasteiger partial charge in [-0.05, 0) is 65.0 Å². The Kier molecular flexibility index (Phi) is 11.9. The van der Waals surface area contributed by atoms with Crippen LogP contribution in [0.2, 0.25) is 0 Å². The molecule has 0 spiro atoms. The van der Waals surface area contributed by atoms with Gasteiger partial charge in [0.15, 0.2) is 0 Å². The zero-order valence-electron chi connectivity index (χ0n) is 31.1. The third kappa shape index (κ3) is 10.3. The first-order valence-corrected chi connectivity index (χ1v) is 17.8. The first-order valence-electron chi connectivity index (χ1n) is 17.8. The second-order valence-electron chi connectivity index (χ2n) is 15.4. The summed E-state index contributed by atoms with van der Waals surface area (Å²) in [6, 6.07) is 11.3. The summed E-state index contributed by atoms with van der Waals surface area (Å²) < 4.78 is 3.41. The maximum Gasteiger partial charge on any atom is 0.251 e. The number of benzene rings is 2. The highest BCUT2D eigenvalue weighted by Crippen LogP contribution is 2.25. The highest BCUT2D eigenvalue weighted by atomic mass is 16.2. The lowest BCUT2D eigenvalue weighted by Gasteiger charge is -2.24. The molecule has 2 aromatic heterocycles. The van der Waals surface area contributed by atoms with Crippen LogP contribution in [0.25, 0.3) is 0 Å². The zero-order chi connectivity index (χ0) is 37.6. The van der Waals surface area contributed by atoms with Crippen LogP contribution in [0, 0.1) is 11.8 Å². The summed E-state index contributed by atoms with van der Waals surface area (Å²) in [5.41, 5.74) is 3.98. The van der Waals surface area contributed by atoms with Crippen LogP contribution in [0.5, 0.6) is 0 Å². The van der Waals surface area contributed by atoms with Gasteiger partial charge in [-0.1, -0.05) is 83.2 Å². The molecule has 4 N–H and O–H groups in total. The quantitative estimate of drug-likeness (QED) is 0.249. The van der Waals surface area contributed by atoms with Crippen LogP contribution in [-0.4, -0.2) is 65.7 Å². The van der Waals surface area contributed by atoms with Gasteiger partial charge in [-0.25, -0.2) is 9.36 Å². The highest BCUT2D eigenvalue weighted by molar-refractivity contribution is 6.02. The molecule has 0 fully saturated rings. The molecule has 8 bridgehead atoms. The third-order valence-corrected chi connectivity index (χ3v) is 8.72. The van der Waals surface area contributed by atoms with E-state index in [1.54, 1.807) is 33.9 Å². The maximum absolute atomic E-state index is 13.8. The van der Waals surface area contributed by atoms with Crippen LogP contribution in [0.1, 0.15) is 110 Å². The first kappa shape index (κ1) is 37.8. The summed E-state index contributed by atoms with van der Waals surface area (Å²) in [5, 5.41) is 28.6. The molecule has 14 nitrogen and oxygen atoms in total. The average molecular weight is 711 g/mol. The molecule has 1 aliphatic rings. The summed E-state index contributed by atoms with van der Waals surface area (Å²) in [6.07, 6.45) is 4.35. The van der Waals surface area contributed by atoms with Crippen LogP contribution >= 0.6 is 0 Å². The summed E-state index contributed by atoms with van der Waals surface area (Å²) in [6.45, 7) is 15.1. The van der Waals surface area contributed by atoms with Crippen LogP contribution in [-0.2, 0) is 41.2 Å². The van der Waals surface area contributed by atoms with Crippen molar-refractivity contribution < 1.29 is 19.2 Å². The molecule has 0 saturated carbocycles. The summed E-state index contributed by atoms with van der Waals surface area (Å²) in [5.74, 6) is -1.47. The Morgan fingerprint density at radius 2 is 1.13 bits per heavy atom. The van der Waals surface area contributed by atoms with Crippen LogP contribution in [0.4, 0.5) is 0 Å². The van der Waals surface area contributed by atoms with Crippen molar-refractivity contribution in [1.29, 1.82) is 0 Å². The fourth-order valence-electron chi connectivity index (χ4n) is 6.01. The Morgan fingerprint density at radius 3 is 1.54 bits per heavy atom. The molecule has 0 aliphatic carbocycles. The standard InChI is InChI=1S/C38H50N10O4/c1-23(2)11-32-36(51)39-17-30-21-47(45-43-30)19-25-9-8-10-26(13-25)20-48-22-31(44-46-48)18-40-37(52)33(12-24(3)4)42-35(50)28-14-27(34(49)41-32)15-29(16-28)38(5,6)7/h8-10,13-16,21-24,32-33H,11-12,17-20H2,1-7H3,(H,39,51)(H,40,52)(H,41,49)(H,42,50). The van der Waals surface area contributed by atoms with E-state index in [9.17, 15) is 19.2 Å². The molecular weight excluding hydrogens is 660 g/mol. The number of rotatable bonds is 4. The molecule has 3 heterocycles. The smallest absolute Gasteiger partial charge is 0.251 e. The number of nitrogens with zero attached hydrogens (tertiary/aromatic N) is 6. The van der Waals surface area contributed by atoms with Gasteiger partial charge in [-0.2, -0.15) is 0 Å². The zero-order valence-corrected chi connectivity index (χ0v) is 31.1. The lowest BCUT2D eigenvalue weighted by Crippen LogP contribution is -2.48. The molecule has 4 amide bonds. The van der Waals surface area contributed by atoms with Crippen molar-refractivity contribution in [3.05, 3.63) is 94.1 Å². The Morgan fingerprint density at radius 1 is 0.692 bits per heavy atom. The van der Waals surface area contributed by atoms with E-state index < -0.39 is 29.3 Å². The van der Waals surface area contributed by atoms with E-state index in [1.165, 1.54) is 6.07 Å². The minimum absolute atomic E-state index is 0.102. The van der Waals surface area contributed by atoms with Crippen molar-refractivity contribution in [1.82, 2.24) is 51.3 Å². The van der Waals surface area contributed by atoms with Crippen molar-refractivity contribution in [2.24, 2.45) is 11.8 Å². The number of carbonyl (C=O) groups is 4. The van der Waals surface area contributed by atoms with Crippen LogP contribution in [0.15, 0.2) is 54.9 Å². The van der Waals surface area contributed by atoms with E-state index in [-0.39, 0.29) is 47.9 Å². The molecule has 4 aromatic rings. The predicted octanol–water partition coefficient (Wildman–Crippen LogP) is 3.50. The fourth-order valence-corrected chi connectivity index (χ4v) is 6.01. The van der Waals surface area contributed by atoms with Gasteiger partial charge < -0.3 is 21.3 Å². The van der Waals surface area contributed by atoms with Crippen molar-refractivity contribution in [3.8, 4) is 0 Å². The topological polar surface area (TPSA) is 178 Å². The molecule has 2 aromatic carbocycles. The molecule has 0 radical (unpaired) electrons. The van der Waals surface area contributed by atoms with Gasteiger partial charge in [0, 0.05) is 11.1 Å². The van der Waals surface area contributed by atoms with Gasteiger partial charge in [-0.3, -0.25) is 19.2 Å². The van der Waals surface area contributed by atoms with E-state index in [4.69, 9.17) is 0 Å². The maximum atomic E-state index is 13.8. The largest absolute Gasteiger partial charge is 0.349 e.